The first-order valence-corrected chi connectivity index (χ1v) is 11.5. The molecule has 0 fully saturated rings. The maximum atomic E-state index is 13.3. The lowest BCUT2D eigenvalue weighted by atomic mass is 9.84. The summed E-state index contributed by atoms with van der Waals surface area (Å²) in [4.78, 5) is 26.5. The molecule has 2 heterocycles. The molecule has 182 valence electrons. The van der Waals surface area contributed by atoms with E-state index in [0.29, 0.717) is 21.2 Å². The number of hydrogen-bond donors (Lipinski definition) is 3. The lowest BCUT2D eigenvalue weighted by Gasteiger charge is -2.20. The standard InChI is InChI=1S/C27H18Cl2O7/c1-11-6-19-15(9-17(11)28)24(31)22(26(33)35-19)21(13-4-3-5-14(30)8-13)23-25(32)16-10-18(29)12(2)7-20(16)36-27(23)34/h3-10,21,30-32H,1-2H3. The Bertz CT molecular complexity index is 1710. The van der Waals surface area contributed by atoms with Crippen LogP contribution in [0.2, 0.25) is 10.0 Å². The van der Waals surface area contributed by atoms with Gasteiger partial charge in [-0.25, -0.2) is 9.59 Å². The molecule has 0 aliphatic rings. The predicted molar refractivity (Wildman–Crippen MR) is 137 cm³/mol. The number of aromatic hydroxyl groups is 3. The van der Waals surface area contributed by atoms with Gasteiger partial charge in [0.2, 0.25) is 0 Å². The van der Waals surface area contributed by atoms with Crippen molar-refractivity contribution in [1.29, 1.82) is 0 Å². The molecule has 0 unspecified atom stereocenters. The third kappa shape index (κ3) is 3.77. The molecule has 0 aliphatic carbocycles. The number of phenols is 1. The van der Waals surface area contributed by atoms with Crippen LogP contribution in [0.5, 0.6) is 17.2 Å². The molecule has 5 rings (SSSR count). The van der Waals surface area contributed by atoms with Gasteiger partial charge >= 0.3 is 11.3 Å². The summed E-state index contributed by atoms with van der Waals surface area (Å²) >= 11 is 12.5. The van der Waals surface area contributed by atoms with Crippen LogP contribution in [0.1, 0.15) is 33.7 Å². The lowest BCUT2D eigenvalue weighted by Crippen LogP contribution is -2.21. The van der Waals surface area contributed by atoms with Crippen molar-refractivity contribution >= 4 is 45.1 Å². The maximum Gasteiger partial charge on any atom is 0.344 e. The molecule has 0 saturated heterocycles. The molecule has 2 aromatic heterocycles. The van der Waals surface area contributed by atoms with Crippen molar-refractivity contribution in [2.24, 2.45) is 0 Å². The van der Waals surface area contributed by atoms with E-state index < -0.39 is 28.7 Å². The molecule has 3 N–H and O–H groups in total. The Labute approximate surface area is 213 Å². The van der Waals surface area contributed by atoms with E-state index >= 15 is 0 Å². The van der Waals surface area contributed by atoms with Gasteiger partial charge in [0.25, 0.3) is 0 Å². The molecule has 0 saturated carbocycles. The SMILES string of the molecule is Cc1cc2oc(=O)c(C(c3cccc(O)c3)c3c(O)c4cc(Cl)c(C)cc4oc3=O)c(O)c2cc1Cl. The van der Waals surface area contributed by atoms with E-state index in [1.165, 1.54) is 48.5 Å². The maximum absolute atomic E-state index is 13.3. The number of hydrogen-bond acceptors (Lipinski definition) is 7. The highest BCUT2D eigenvalue weighted by Gasteiger charge is 2.33. The van der Waals surface area contributed by atoms with Gasteiger partial charge in [0.1, 0.15) is 28.4 Å². The van der Waals surface area contributed by atoms with E-state index in [2.05, 4.69) is 0 Å². The zero-order valence-corrected chi connectivity index (χ0v) is 20.4. The van der Waals surface area contributed by atoms with Crippen LogP contribution in [0, 0.1) is 13.8 Å². The molecule has 7 nitrogen and oxygen atoms in total. The summed E-state index contributed by atoms with van der Waals surface area (Å²) in [6, 6.07) is 11.6. The monoisotopic (exact) mass is 524 g/mol. The minimum atomic E-state index is -1.38. The first-order valence-electron chi connectivity index (χ1n) is 10.8. The topological polar surface area (TPSA) is 121 Å². The fourth-order valence-corrected chi connectivity index (χ4v) is 4.66. The molecule has 0 spiro atoms. The van der Waals surface area contributed by atoms with Gasteiger partial charge in [0.15, 0.2) is 0 Å². The van der Waals surface area contributed by atoms with E-state index in [4.69, 9.17) is 32.0 Å². The molecule has 0 bridgehead atoms. The number of phenolic OH excluding ortho intramolecular Hbond substituents is 1. The molecular weight excluding hydrogens is 507 g/mol. The van der Waals surface area contributed by atoms with Gasteiger partial charge in [-0.2, -0.15) is 0 Å². The number of aryl methyl sites for hydroxylation is 2. The van der Waals surface area contributed by atoms with Crippen LogP contribution < -0.4 is 11.3 Å². The van der Waals surface area contributed by atoms with Crippen molar-refractivity contribution < 1.29 is 24.2 Å². The number of halogens is 2. The van der Waals surface area contributed by atoms with Crippen LogP contribution in [-0.4, -0.2) is 15.3 Å². The van der Waals surface area contributed by atoms with Gasteiger partial charge in [0, 0.05) is 10.0 Å². The molecule has 5 aromatic rings. The predicted octanol–water partition coefficient (Wildman–Crippen LogP) is 6.12. The third-order valence-electron chi connectivity index (χ3n) is 6.17. The second kappa shape index (κ2) is 8.62. The number of fused-ring (bicyclic) bond motifs is 2. The molecule has 9 heteroatoms. The van der Waals surface area contributed by atoms with Crippen LogP contribution in [0.15, 0.2) is 67.0 Å². The van der Waals surface area contributed by atoms with Gasteiger partial charge < -0.3 is 24.2 Å². The second-order valence-corrected chi connectivity index (χ2v) is 9.34. The normalized spacial score (nSPS) is 11.6. The summed E-state index contributed by atoms with van der Waals surface area (Å²) in [6.45, 7) is 3.43. The fourth-order valence-electron chi connectivity index (χ4n) is 4.33. The summed E-state index contributed by atoms with van der Waals surface area (Å²) in [6.07, 6.45) is 0. The van der Waals surface area contributed by atoms with Crippen LogP contribution in [0.4, 0.5) is 0 Å². The van der Waals surface area contributed by atoms with Crippen molar-refractivity contribution in [3.05, 3.63) is 107 Å². The van der Waals surface area contributed by atoms with Gasteiger partial charge in [-0.1, -0.05) is 35.3 Å². The van der Waals surface area contributed by atoms with Crippen molar-refractivity contribution in [1.82, 2.24) is 0 Å². The van der Waals surface area contributed by atoms with E-state index in [1.54, 1.807) is 13.8 Å². The first-order chi connectivity index (χ1) is 17.1. The number of rotatable bonds is 3. The molecule has 0 aliphatic heterocycles. The van der Waals surface area contributed by atoms with Gasteiger partial charge in [-0.15, -0.1) is 0 Å². The van der Waals surface area contributed by atoms with Gasteiger partial charge in [0.05, 0.1) is 27.8 Å². The fraction of sp³-hybridized carbons (Fsp3) is 0.111. The summed E-state index contributed by atoms with van der Waals surface area (Å²) in [5.41, 5.74) is -0.916. The first kappa shape index (κ1) is 23.8. The quantitative estimate of drug-likeness (QED) is 0.243. The highest BCUT2D eigenvalue weighted by Crippen LogP contribution is 2.43. The Morgan fingerprint density at radius 3 is 1.64 bits per heavy atom. The van der Waals surface area contributed by atoms with Crippen LogP contribution in [0.25, 0.3) is 21.9 Å². The molecule has 3 aromatic carbocycles. The highest BCUT2D eigenvalue weighted by atomic mass is 35.5. The summed E-state index contributed by atoms with van der Waals surface area (Å²) in [5.74, 6) is -2.52. The Kier molecular flexibility index (Phi) is 5.70. The smallest absolute Gasteiger partial charge is 0.344 e. The third-order valence-corrected chi connectivity index (χ3v) is 6.98. The average molecular weight is 525 g/mol. The zero-order chi connectivity index (χ0) is 25.9. The molecule has 36 heavy (non-hydrogen) atoms. The van der Waals surface area contributed by atoms with E-state index in [9.17, 15) is 24.9 Å². The number of benzene rings is 3. The Morgan fingerprint density at radius 2 is 1.19 bits per heavy atom. The second-order valence-electron chi connectivity index (χ2n) is 8.53. The lowest BCUT2D eigenvalue weighted by molar-refractivity contribution is 0.440. The Hall–Kier alpha value is -3.94. The molecule has 0 atom stereocenters. The summed E-state index contributed by atoms with van der Waals surface area (Å²) < 4.78 is 11.0. The van der Waals surface area contributed by atoms with Crippen LogP contribution >= 0.6 is 23.2 Å². The van der Waals surface area contributed by atoms with E-state index in [0.717, 1.165) is 0 Å². The summed E-state index contributed by atoms with van der Waals surface area (Å²) in [7, 11) is 0. The van der Waals surface area contributed by atoms with Crippen molar-refractivity contribution in [2.45, 2.75) is 19.8 Å². The van der Waals surface area contributed by atoms with Crippen LogP contribution in [0.3, 0.4) is 0 Å². The highest BCUT2D eigenvalue weighted by molar-refractivity contribution is 6.32. The molecular formula is C27H18Cl2O7. The van der Waals surface area contributed by atoms with E-state index in [-0.39, 0.29) is 44.4 Å². The van der Waals surface area contributed by atoms with Gasteiger partial charge in [-0.05, 0) is 66.9 Å². The average Bonchev–Trinajstić information content (AvgIpc) is 2.81. The van der Waals surface area contributed by atoms with Crippen molar-refractivity contribution in [3.63, 3.8) is 0 Å². The van der Waals surface area contributed by atoms with Crippen LogP contribution in [-0.2, 0) is 0 Å². The van der Waals surface area contributed by atoms with Crippen molar-refractivity contribution in [2.75, 3.05) is 0 Å². The molecule has 0 radical (unpaired) electrons. The van der Waals surface area contributed by atoms with Gasteiger partial charge in [-0.3, -0.25) is 0 Å². The zero-order valence-electron chi connectivity index (χ0n) is 18.9. The summed E-state index contributed by atoms with van der Waals surface area (Å²) in [5, 5.41) is 33.6. The minimum absolute atomic E-state index is 0.0924. The molecule has 0 amide bonds. The Balaban J connectivity index is 1.92. The largest absolute Gasteiger partial charge is 0.508 e. The van der Waals surface area contributed by atoms with Crippen molar-refractivity contribution in [3.8, 4) is 17.2 Å². The Morgan fingerprint density at radius 1 is 0.722 bits per heavy atom. The minimum Gasteiger partial charge on any atom is -0.508 e. The van der Waals surface area contributed by atoms with E-state index in [1.807, 2.05) is 0 Å².